The maximum Gasteiger partial charge on any atom is 0.0809 e. The van der Waals surface area contributed by atoms with Gasteiger partial charge in [-0.1, -0.05) is 0 Å². The number of aryl methyl sites for hydroxylation is 1. The molecule has 2 rings (SSSR count). The highest BCUT2D eigenvalue weighted by molar-refractivity contribution is 7.10. The van der Waals surface area contributed by atoms with E-state index in [-0.39, 0.29) is 0 Å². The second-order valence-electron chi connectivity index (χ2n) is 5.21. The van der Waals surface area contributed by atoms with Gasteiger partial charge in [-0.3, -0.25) is 0 Å². The van der Waals surface area contributed by atoms with Crippen molar-refractivity contribution in [3.63, 3.8) is 0 Å². The molecule has 4 heteroatoms. The SMILES string of the molecule is Cc1ccsc1C(C)NCCCOCC1CCCO1. The Balaban J connectivity index is 1.51. The van der Waals surface area contributed by atoms with Crippen molar-refractivity contribution in [3.8, 4) is 0 Å². The summed E-state index contributed by atoms with van der Waals surface area (Å²) in [6.45, 7) is 7.90. The lowest BCUT2D eigenvalue weighted by Crippen LogP contribution is -2.21. The number of nitrogens with one attached hydrogen (secondary N) is 1. The monoisotopic (exact) mass is 283 g/mol. The highest BCUT2D eigenvalue weighted by atomic mass is 32.1. The molecule has 1 saturated heterocycles. The Kier molecular flexibility index (Phi) is 6.31. The molecule has 0 spiro atoms. The molecule has 0 aromatic carbocycles. The molecule has 19 heavy (non-hydrogen) atoms. The van der Waals surface area contributed by atoms with Crippen LogP contribution in [0.15, 0.2) is 11.4 Å². The number of rotatable bonds is 8. The molecule has 0 saturated carbocycles. The smallest absolute Gasteiger partial charge is 0.0809 e. The van der Waals surface area contributed by atoms with Crippen LogP contribution in [0.1, 0.15) is 42.7 Å². The molecular weight excluding hydrogens is 258 g/mol. The summed E-state index contributed by atoms with van der Waals surface area (Å²) in [5.41, 5.74) is 1.39. The summed E-state index contributed by atoms with van der Waals surface area (Å²) < 4.78 is 11.2. The van der Waals surface area contributed by atoms with E-state index in [1.165, 1.54) is 16.9 Å². The van der Waals surface area contributed by atoms with Gasteiger partial charge < -0.3 is 14.8 Å². The van der Waals surface area contributed by atoms with Crippen LogP contribution >= 0.6 is 11.3 Å². The van der Waals surface area contributed by atoms with E-state index in [0.717, 1.165) is 39.2 Å². The van der Waals surface area contributed by atoms with Crippen molar-refractivity contribution in [2.45, 2.75) is 45.3 Å². The molecule has 0 radical (unpaired) electrons. The molecule has 2 atom stereocenters. The topological polar surface area (TPSA) is 30.5 Å². The van der Waals surface area contributed by atoms with E-state index in [9.17, 15) is 0 Å². The van der Waals surface area contributed by atoms with Crippen LogP contribution in [0, 0.1) is 6.92 Å². The third-order valence-corrected chi connectivity index (χ3v) is 4.74. The summed E-state index contributed by atoms with van der Waals surface area (Å²) in [5.74, 6) is 0. The van der Waals surface area contributed by atoms with Crippen molar-refractivity contribution in [1.29, 1.82) is 0 Å². The number of ether oxygens (including phenoxy) is 2. The zero-order valence-corrected chi connectivity index (χ0v) is 12.8. The molecule has 2 unspecified atom stereocenters. The van der Waals surface area contributed by atoms with Crippen LogP contribution in [0.4, 0.5) is 0 Å². The maximum absolute atomic E-state index is 5.65. The average Bonchev–Trinajstić information content (AvgIpc) is 3.04. The summed E-state index contributed by atoms with van der Waals surface area (Å²) in [7, 11) is 0. The zero-order valence-electron chi connectivity index (χ0n) is 12.0. The van der Waals surface area contributed by atoms with E-state index in [0.29, 0.717) is 12.1 Å². The molecule has 2 heterocycles. The Hall–Kier alpha value is -0.420. The average molecular weight is 283 g/mol. The van der Waals surface area contributed by atoms with Gasteiger partial charge in [-0.2, -0.15) is 0 Å². The van der Waals surface area contributed by atoms with Crippen molar-refractivity contribution in [1.82, 2.24) is 5.32 Å². The van der Waals surface area contributed by atoms with Crippen molar-refractivity contribution in [3.05, 3.63) is 21.9 Å². The number of hydrogen-bond acceptors (Lipinski definition) is 4. The van der Waals surface area contributed by atoms with Gasteiger partial charge in [-0.25, -0.2) is 0 Å². The van der Waals surface area contributed by atoms with Gasteiger partial charge in [0.2, 0.25) is 0 Å². The van der Waals surface area contributed by atoms with Gasteiger partial charge >= 0.3 is 0 Å². The maximum atomic E-state index is 5.65. The molecule has 1 N–H and O–H groups in total. The third-order valence-electron chi connectivity index (χ3n) is 3.54. The normalized spacial score (nSPS) is 20.8. The largest absolute Gasteiger partial charge is 0.379 e. The molecule has 0 amide bonds. The van der Waals surface area contributed by atoms with E-state index in [1.807, 2.05) is 11.3 Å². The molecule has 1 aliphatic rings. The molecule has 108 valence electrons. The summed E-state index contributed by atoms with van der Waals surface area (Å²) in [6.07, 6.45) is 3.75. The van der Waals surface area contributed by atoms with Crippen LogP contribution in [-0.2, 0) is 9.47 Å². The Morgan fingerprint density at radius 2 is 2.47 bits per heavy atom. The van der Waals surface area contributed by atoms with Crippen LogP contribution in [-0.4, -0.2) is 32.5 Å². The Morgan fingerprint density at radius 3 is 3.16 bits per heavy atom. The van der Waals surface area contributed by atoms with Gasteiger partial charge in [0.05, 0.1) is 12.7 Å². The van der Waals surface area contributed by atoms with Crippen LogP contribution in [0.25, 0.3) is 0 Å². The summed E-state index contributed by atoms with van der Waals surface area (Å²) in [5, 5.41) is 5.71. The fourth-order valence-corrected chi connectivity index (χ4v) is 3.36. The minimum Gasteiger partial charge on any atom is -0.379 e. The lowest BCUT2D eigenvalue weighted by molar-refractivity contribution is 0.0165. The van der Waals surface area contributed by atoms with Crippen molar-refractivity contribution < 1.29 is 9.47 Å². The second-order valence-corrected chi connectivity index (χ2v) is 6.15. The Labute approximate surface area is 120 Å². The van der Waals surface area contributed by atoms with Gasteiger partial charge in [0.1, 0.15) is 0 Å². The van der Waals surface area contributed by atoms with Gasteiger partial charge in [0.15, 0.2) is 0 Å². The molecule has 0 aliphatic carbocycles. The second kappa shape index (κ2) is 8.00. The molecule has 1 fully saturated rings. The molecule has 0 bridgehead atoms. The highest BCUT2D eigenvalue weighted by Crippen LogP contribution is 2.23. The van der Waals surface area contributed by atoms with Crippen LogP contribution in [0.3, 0.4) is 0 Å². The van der Waals surface area contributed by atoms with Gasteiger partial charge in [0, 0.05) is 24.1 Å². The van der Waals surface area contributed by atoms with Crippen LogP contribution in [0.5, 0.6) is 0 Å². The number of hydrogen-bond donors (Lipinski definition) is 1. The van der Waals surface area contributed by atoms with Gasteiger partial charge in [-0.05, 0) is 56.7 Å². The van der Waals surface area contributed by atoms with E-state index >= 15 is 0 Å². The van der Waals surface area contributed by atoms with E-state index < -0.39 is 0 Å². The molecule has 1 aromatic heterocycles. The summed E-state index contributed by atoms with van der Waals surface area (Å²) in [4.78, 5) is 1.44. The zero-order chi connectivity index (χ0) is 13.5. The first-order chi connectivity index (χ1) is 9.27. The predicted molar refractivity (Wildman–Crippen MR) is 79.9 cm³/mol. The molecule has 3 nitrogen and oxygen atoms in total. The molecular formula is C15H25NO2S. The molecule has 1 aromatic rings. The lowest BCUT2D eigenvalue weighted by atomic mass is 10.2. The first-order valence-electron chi connectivity index (χ1n) is 7.24. The Bertz CT molecular complexity index is 361. The Morgan fingerprint density at radius 1 is 1.58 bits per heavy atom. The summed E-state index contributed by atoms with van der Waals surface area (Å²) in [6, 6.07) is 2.63. The quantitative estimate of drug-likeness (QED) is 0.743. The third kappa shape index (κ3) is 4.88. The first-order valence-corrected chi connectivity index (χ1v) is 8.12. The molecule has 1 aliphatic heterocycles. The van der Waals surface area contributed by atoms with Gasteiger partial charge in [-0.15, -0.1) is 11.3 Å². The minimum atomic E-state index is 0.348. The van der Waals surface area contributed by atoms with Crippen molar-refractivity contribution in [2.75, 3.05) is 26.4 Å². The number of thiophene rings is 1. The van der Waals surface area contributed by atoms with E-state index in [4.69, 9.17) is 9.47 Å². The fourth-order valence-electron chi connectivity index (χ4n) is 2.40. The van der Waals surface area contributed by atoms with E-state index in [2.05, 4.69) is 30.6 Å². The minimum absolute atomic E-state index is 0.348. The standard InChI is InChI=1S/C15H25NO2S/c1-12-6-10-19-15(12)13(2)16-7-4-8-17-11-14-5-3-9-18-14/h6,10,13-14,16H,3-5,7-9,11H2,1-2H3. The van der Waals surface area contributed by atoms with Crippen LogP contribution in [0.2, 0.25) is 0 Å². The predicted octanol–water partition coefficient (Wildman–Crippen LogP) is 3.29. The fraction of sp³-hybridized carbons (Fsp3) is 0.733. The van der Waals surface area contributed by atoms with E-state index in [1.54, 1.807) is 0 Å². The van der Waals surface area contributed by atoms with Crippen LogP contribution < -0.4 is 5.32 Å². The highest BCUT2D eigenvalue weighted by Gasteiger charge is 2.15. The van der Waals surface area contributed by atoms with Gasteiger partial charge in [0.25, 0.3) is 0 Å². The van der Waals surface area contributed by atoms with Crippen molar-refractivity contribution in [2.24, 2.45) is 0 Å². The van der Waals surface area contributed by atoms with Crippen molar-refractivity contribution >= 4 is 11.3 Å². The lowest BCUT2D eigenvalue weighted by Gasteiger charge is -2.14. The first kappa shape index (κ1) is 15.0. The summed E-state index contributed by atoms with van der Waals surface area (Å²) >= 11 is 1.83.